The summed E-state index contributed by atoms with van der Waals surface area (Å²) in [6.07, 6.45) is 4.74. The highest BCUT2D eigenvalue weighted by Gasteiger charge is 2.18. The summed E-state index contributed by atoms with van der Waals surface area (Å²) in [6.45, 7) is 3.88. The number of nitrogens with one attached hydrogen (secondary N) is 1. The number of hydrogen-bond donors (Lipinski definition) is 1. The van der Waals surface area contributed by atoms with Crippen LogP contribution in [0.1, 0.15) is 46.0 Å². The maximum absolute atomic E-state index is 12.1. The van der Waals surface area contributed by atoms with E-state index in [1.54, 1.807) is 25.1 Å². The molecule has 0 heterocycles. The molecule has 1 atom stereocenters. The van der Waals surface area contributed by atoms with Gasteiger partial charge in [0.15, 0.2) is 6.10 Å². The third-order valence-electron chi connectivity index (χ3n) is 4.15. The second-order valence-corrected chi connectivity index (χ2v) is 6.68. The van der Waals surface area contributed by atoms with E-state index < -0.39 is 6.10 Å². The van der Waals surface area contributed by atoms with Gasteiger partial charge in [-0.2, -0.15) is 5.10 Å². The second-order valence-electron chi connectivity index (χ2n) is 5.84. The number of nitrogens with zero attached hydrogens (tertiary/aromatic N) is 1. The number of benzene rings is 1. The Morgan fingerprint density at radius 1 is 1.39 bits per heavy atom. The summed E-state index contributed by atoms with van der Waals surface area (Å²) < 4.78 is 5.56. The first-order valence-electron chi connectivity index (χ1n) is 7.96. The third kappa shape index (κ3) is 5.40. The van der Waals surface area contributed by atoms with Crippen LogP contribution < -0.4 is 10.2 Å². The first kappa shape index (κ1) is 18.1. The van der Waals surface area contributed by atoms with E-state index in [0.717, 1.165) is 37.3 Å². The SMILES string of the molecule is CCC1CCC(=NNC(=O)[C@@H](C)Oc2ccc(Cl)cc2Cl)CC1. The summed E-state index contributed by atoms with van der Waals surface area (Å²) in [6, 6.07) is 4.89. The number of rotatable bonds is 5. The largest absolute Gasteiger partial charge is 0.479 e. The zero-order chi connectivity index (χ0) is 16.8. The molecule has 1 aromatic rings. The van der Waals surface area contributed by atoms with Gasteiger partial charge < -0.3 is 4.74 Å². The van der Waals surface area contributed by atoms with E-state index in [-0.39, 0.29) is 5.91 Å². The average molecular weight is 357 g/mol. The van der Waals surface area contributed by atoms with Gasteiger partial charge in [-0.3, -0.25) is 4.79 Å². The van der Waals surface area contributed by atoms with E-state index in [1.807, 2.05) is 0 Å². The van der Waals surface area contributed by atoms with Gasteiger partial charge in [0, 0.05) is 10.7 Å². The molecule has 126 valence electrons. The molecule has 1 amide bonds. The van der Waals surface area contributed by atoms with Gasteiger partial charge >= 0.3 is 0 Å². The van der Waals surface area contributed by atoms with Crippen molar-refractivity contribution >= 4 is 34.8 Å². The van der Waals surface area contributed by atoms with Crippen molar-refractivity contribution in [3.63, 3.8) is 0 Å². The van der Waals surface area contributed by atoms with Crippen LogP contribution >= 0.6 is 23.2 Å². The van der Waals surface area contributed by atoms with E-state index in [1.165, 1.54) is 6.42 Å². The van der Waals surface area contributed by atoms with Crippen molar-refractivity contribution in [2.75, 3.05) is 0 Å². The lowest BCUT2D eigenvalue weighted by molar-refractivity contribution is -0.127. The molecular formula is C17H22Cl2N2O2. The smallest absolute Gasteiger partial charge is 0.280 e. The number of carbonyl (C=O) groups excluding carboxylic acids is 1. The van der Waals surface area contributed by atoms with E-state index >= 15 is 0 Å². The molecule has 0 saturated heterocycles. The number of carbonyl (C=O) groups is 1. The van der Waals surface area contributed by atoms with Crippen LogP contribution in [0, 0.1) is 5.92 Å². The normalized spacial score (nSPS) is 19.1. The Hall–Kier alpha value is -1.26. The third-order valence-corrected chi connectivity index (χ3v) is 4.68. The zero-order valence-electron chi connectivity index (χ0n) is 13.4. The molecule has 6 heteroatoms. The van der Waals surface area contributed by atoms with Crippen LogP contribution in [0.2, 0.25) is 10.0 Å². The van der Waals surface area contributed by atoms with Crippen LogP contribution in [0.5, 0.6) is 5.75 Å². The minimum atomic E-state index is -0.690. The predicted octanol–water partition coefficient (Wildman–Crippen LogP) is 4.83. The fourth-order valence-corrected chi connectivity index (χ4v) is 3.02. The fraction of sp³-hybridized carbons (Fsp3) is 0.529. The summed E-state index contributed by atoms with van der Waals surface area (Å²) in [7, 11) is 0. The van der Waals surface area contributed by atoms with Crippen molar-refractivity contribution in [1.82, 2.24) is 5.43 Å². The van der Waals surface area contributed by atoms with Crippen LogP contribution in [-0.2, 0) is 4.79 Å². The first-order chi connectivity index (χ1) is 11.0. The second kappa shape index (κ2) is 8.55. The molecule has 0 radical (unpaired) electrons. The highest BCUT2D eigenvalue weighted by Crippen LogP contribution is 2.28. The molecule has 1 fully saturated rings. The molecule has 4 nitrogen and oxygen atoms in total. The molecule has 0 bridgehead atoms. The molecule has 1 aliphatic rings. The summed E-state index contributed by atoms with van der Waals surface area (Å²) in [5.74, 6) is 0.926. The van der Waals surface area contributed by atoms with Crippen molar-refractivity contribution < 1.29 is 9.53 Å². The Morgan fingerprint density at radius 2 is 2.09 bits per heavy atom. The Labute approximate surface area is 147 Å². The molecule has 0 aliphatic heterocycles. The lowest BCUT2D eigenvalue weighted by atomic mass is 9.86. The van der Waals surface area contributed by atoms with Gasteiger partial charge in [-0.15, -0.1) is 0 Å². The molecule has 1 aromatic carbocycles. The Balaban J connectivity index is 1.85. The molecule has 0 unspecified atom stereocenters. The van der Waals surface area contributed by atoms with Gasteiger partial charge in [-0.25, -0.2) is 5.43 Å². The van der Waals surface area contributed by atoms with Crippen molar-refractivity contribution in [2.45, 2.75) is 52.1 Å². The monoisotopic (exact) mass is 356 g/mol. The van der Waals surface area contributed by atoms with E-state index in [2.05, 4.69) is 17.5 Å². The number of ether oxygens (including phenoxy) is 1. The standard InChI is InChI=1S/C17H22Cl2N2O2/c1-3-12-4-7-14(8-5-12)20-21-17(22)11(2)23-16-9-6-13(18)10-15(16)19/h6,9-12H,3-5,7-8H2,1-2H3,(H,21,22)/t11-,12?/m1/s1. The lowest BCUT2D eigenvalue weighted by Crippen LogP contribution is -2.34. The molecule has 1 saturated carbocycles. The van der Waals surface area contributed by atoms with Gasteiger partial charge in [-0.05, 0) is 56.7 Å². The molecule has 0 spiro atoms. The predicted molar refractivity (Wildman–Crippen MR) is 94.4 cm³/mol. The van der Waals surface area contributed by atoms with Crippen molar-refractivity contribution in [3.05, 3.63) is 28.2 Å². The van der Waals surface area contributed by atoms with Crippen LogP contribution in [0.3, 0.4) is 0 Å². The maximum Gasteiger partial charge on any atom is 0.280 e. The molecule has 23 heavy (non-hydrogen) atoms. The lowest BCUT2D eigenvalue weighted by Gasteiger charge is -2.21. The minimum Gasteiger partial charge on any atom is -0.479 e. The summed E-state index contributed by atoms with van der Waals surface area (Å²) in [5.41, 5.74) is 3.65. The number of hydrazone groups is 1. The van der Waals surface area contributed by atoms with Gasteiger partial charge in [0.1, 0.15) is 5.75 Å². The van der Waals surface area contributed by atoms with Gasteiger partial charge in [0.25, 0.3) is 5.91 Å². The number of halogens is 2. The van der Waals surface area contributed by atoms with Crippen molar-refractivity contribution in [1.29, 1.82) is 0 Å². The van der Waals surface area contributed by atoms with E-state index in [4.69, 9.17) is 27.9 Å². The molecule has 0 aromatic heterocycles. The molecule has 1 N–H and O–H groups in total. The molecule has 2 rings (SSSR count). The Kier molecular flexibility index (Phi) is 6.72. The molecular weight excluding hydrogens is 335 g/mol. The summed E-state index contributed by atoms with van der Waals surface area (Å²) >= 11 is 11.9. The Bertz CT molecular complexity index is 580. The first-order valence-corrected chi connectivity index (χ1v) is 8.72. The highest BCUT2D eigenvalue weighted by atomic mass is 35.5. The maximum atomic E-state index is 12.1. The topological polar surface area (TPSA) is 50.7 Å². The van der Waals surface area contributed by atoms with E-state index in [0.29, 0.717) is 15.8 Å². The Morgan fingerprint density at radius 3 is 2.70 bits per heavy atom. The minimum absolute atomic E-state index is 0.291. The number of hydrogen-bond acceptors (Lipinski definition) is 3. The highest BCUT2D eigenvalue weighted by molar-refractivity contribution is 6.35. The quantitative estimate of drug-likeness (QED) is 0.767. The average Bonchev–Trinajstić information content (AvgIpc) is 2.55. The summed E-state index contributed by atoms with van der Waals surface area (Å²) in [4.78, 5) is 12.1. The van der Waals surface area contributed by atoms with Crippen LogP contribution in [-0.4, -0.2) is 17.7 Å². The van der Waals surface area contributed by atoms with Crippen LogP contribution in [0.4, 0.5) is 0 Å². The van der Waals surface area contributed by atoms with Crippen molar-refractivity contribution in [3.8, 4) is 5.75 Å². The number of amides is 1. The van der Waals surface area contributed by atoms with Gasteiger partial charge in [-0.1, -0.05) is 36.5 Å². The summed E-state index contributed by atoms with van der Waals surface area (Å²) in [5, 5.41) is 5.13. The molecule has 1 aliphatic carbocycles. The zero-order valence-corrected chi connectivity index (χ0v) is 15.0. The van der Waals surface area contributed by atoms with E-state index in [9.17, 15) is 4.79 Å². The van der Waals surface area contributed by atoms with Crippen LogP contribution in [0.25, 0.3) is 0 Å². The van der Waals surface area contributed by atoms with Crippen molar-refractivity contribution in [2.24, 2.45) is 11.0 Å². The van der Waals surface area contributed by atoms with Gasteiger partial charge in [0.2, 0.25) is 0 Å². The van der Waals surface area contributed by atoms with Gasteiger partial charge in [0.05, 0.1) is 5.02 Å². The van der Waals surface area contributed by atoms with Crippen LogP contribution in [0.15, 0.2) is 23.3 Å². The fourth-order valence-electron chi connectivity index (χ4n) is 2.57.